The van der Waals surface area contributed by atoms with Gasteiger partial charge in [0.2, 0.25) is 0 Å². The predicted octanol–water partition coefficient (Wildman–Crippen LogP) is 2.54. The zero-order valence-electron chi connectivity index (χ0n) is 7.29. The summed E-state index contributed by atoms with van der Waals surface area (Å²) in [5.74, 6) is -0.887. The summed E-state index contributed by atoms with van der Waals surface area (Å²) in [6.45, 7) is 5.47. The summed E-state index contributed by atoms with van der Waals surface area (Å²) in [5, 5.41) is 8.67. The molecule has 0 aliphatic carbocycles. The average molecular weight is 166 g/mol. The van der Waals surface area contributed by atoms with Gasteiger partial charge >= 0.3 is 5.97 Å². The summed E-state index contributed by atoms with van der Waals surface area (Å²) >= 11 is 0. The van der Waals surface area contributed by atoms with Crippen LogP contribution in [0.25, 0.3) is 0 Å². The first-order chi connectivity index (χ1) is 5.72. The van der Waals surface area contributed by atoms with Crippen LogP contribution in [0.4, 0.5) is 0 Å². The van der Waals surface area contributed by atoms with Crippen LogP contribution < -0.4 is 0 Å². The topological polar surface area (TPSA) is 37.3 Å². The number of hydrogen-bond donors (Lipinski definition) is 1. The van der Waals surface area contributed by atoms with Gasteiger partial charge in [0.15, 0.2) is 0 Å². The molecule has 0 atom stereocenters. The van der Waals surface area contributed by atoms with Crippen molar-refractivity contribution < 1.29 is 9.90 Å². The first-order valence-electron chi connectivity index (χ1n) is 3.95. The normalized spacial score (nSPS) is 11.9. The van der Waals surface area contributed by atoms with Gasteiger partial charge in [-0.3, -0.25) is 0 Å². The van der Waals surface area contributed by atoms with Crippen molar-refractivity contribution >= 4 is 5.97 Å². The minimum atomic E-state index is -0.887. The van der Waals surface area contributed by atoms with Crippen LogP contribution in [0.15, 0.2) is 36.5 Å². The molecule has 0 saturated carbocycles. The fourth-order valence-electron chi connectivity index (χ4n) is 0.698. The van der Waals surface area contributed by atoms with Crippen molar-refractivity contribution in [3.8, 4) is 0 Å². The van der Waals surface area contributed by atoms with Gasteiger partial charge in [0.05, 0.1) is 5.57 Å². The molecule has 0 aromatic rings. The van der Waals surface area contributed by atoms with Gasteiger partial charge in [-0.1, -0.05) is 38.2 Å². The second kappa shape index (κ2) is 6.40. The molecular formula is C10H14O2. The fraction of sp³-hybridized carbons (Fsp3) is 0.300. The van der Waals surface area contributed by atoms with Gasteiger partial charge in [-0.25, -0.2) is 4.79 Å². The molecule has 0 aliphatic rings. The Morgan fingerprint density at radius 2 is 2.25 bits per heavy atom. The summed E-state index contributed by atoms with van der Waals surface area (Å²) in [5.41, 5.74) is 0.330. The van der Waals surface area contributed by atoms with Crippen LogP contribution in [0.2, 0.25) is 0 Å². The maximum absolute atomic E-state index is 10.6. The van der Waals surface area contributed by atoms with Crippen LogP contribution in [0.5, 0.6) is 0 Å². The lowest BCUT2D eigenvalue weighted by atomic mass is 10.2. The minimum absolute atomic E-state index is 0.330. The van der Waals surface area contributed by atoms with Crippen LogP contribution in [-0.2, 0) is 4.79 Å². The second-order valence-electron chi connectivity index (χ2n) is 2.35. The van der Waals surface area contributed by atoms with Gasteiger partial charge in [0, 0.05) is 0 Å². The number of carboxylic acid groups (broad SMARTS) is 1. The van der Waals surface area contributed by atoms with E-state index in [1.54, 1.807) is 24.3 Å². The van der Waals surface area contributed by atoms with Gasteiger partial charge in [-0.2, -0.15) is 0 Å². The Morgan fingerprint density at radius 3 is 2.67 bits per heavy atom. The molecule has 0 bridgehead atoms. The zero-order chi connectivity index (χ0) is 9.40. The molecule has 0 spiro atoms. The molecule has 2 nitrogen and oxygen atoms in total. The number of unbranched alkanes of at least 4 members (excludes halogenated alkanes) is 1. The molecule has 0 heterocycles. The van der Waals surface area contributed by atoms with Crippen molar-refractivity contribution in [1.29, 1.82) is 0 Å². The van der Waals surface area contributed by atoms with Crippen molar-refractivity contribution in [1.82, 2.24) is 0 Å². The van der Waals surface area contributed by atoms with Crippen molar-refractivity contribution in [3.05, 3.63) is 36.5 Å². The van der Waals surface area contributed by atoms with Gasteiger partial charge in [0.25, 0.3) is 0 Å². The third-order valence-corrected chi connectivity index (χ3v) is 1.31. The SMILES string of the molecule is C=CC=CC(=CCCC)C(=O)O. The standard InChI is InChI=1S/C10H14O2/c1-3-5-7-9(10(11)12)8-6-4-2/h3,5,7-8H,1,4,6H2,2H3,(H,11,12). The molecule has 0 rings (SSSR count). The molecule has 0 amide bonds. The Morgan fingerprint density at radius 1 is 1.58 bits per heavy atom. The van der Waals surface area contributed by atoms with Gasteiger partial charge in [-0.15, -0.1) is 0 Å². The molecule has 66 valence electrons. The van der Waals surface area contributed by atoms with E-state index in [1.165, 1.54) is 0 Å². The number of hydrogen-bond acceptors (Lipinski definition) is 1. The number of aliphatic carboxylic acids is 1. The van der Waals surface area contributed by atoms with Crippen LogP contribution in [-0.4, -0.2) is 11.1 Å². The highest BCUT2D eigenvalue weighted by molar-refractivity contribution is 5.89. The molecule has 0 aromatic carbocycles. The number of carboxylic acids is 1. The first-order valence-corrected chi connectivity index (χ1v) is 3.95. The third-order valence-electron chi connectivity index (χ3n) is 1.31. The Balaban J connectivity index is 4.32. The van der Waals surface area contributed by atoms with E-state index < -0.39 is 5.97 Å². The van der Waals surface area contributed by atoms with Gasteiger partial charge in [-0.05, 0) is 12.5 Å². The molecule has 0 aliphatic heterocycles. The summed E-state index contributed by atoms with van der Waals surface area (Å²) < 4.78 is 0. The largest absolute Gasteiger partial charge is 0.478 e. The monoisotopic (exact) mass is 166 g/mol. The molecule has 2 heteroatoms. The fourth-order valence-corrected chi connectivity index (χ4v) is 0.698. The average Bonchev–Trinajstić information content (AvgIpc) is 2.04. The Bertz CT molecular complexity index is 212. The van der Waals surface area contributed by atoms with E-state index in [2.05, 4.69) is 6.58 Å². The summed E-state index contributed by atoms with van der Waals surface area (Å²) in [4.78, 5) is 10.6. The molecule has 0 saturated heterocycles. The predicted molar refractivity (Wildman–Crippen MR) is 50.0 cm³/mol. The number of allylic oxidation sites excluding steroid dienone is 3. The third kappa shape index (κ3) is 4.50. The van der Waals surface area contributed by atoms with Crippen molar-refractivity contribution in [3.63, 3.8) is 0 Å². The second-order valence-corrected chi connectivity index (χ2v) is 2.35. The van der Waals surface area contributed by atoms with Crippen LogP contribution >= 0.6 is 0 Å². The lowest BCUT2D eigenvalue weighted by molar-refractivity contribution is -0.132. The molecule has 0 unspecified atom stereocenters. The molecule has 0 aromatic heterocycles. The van der Waals surface area contributed by atoms with E-state index in [4.69, 9.17) is 5.11 Å². The van der Waals surface area contributed by atoms with E-state index in [1.807, 2.05) is 6.92 Å². The van der Waals surface area contributed by atoms with Crippen LogP contribution in [0.3, 0.4) is 0 Å². The number of carbonyl (C=O) groups is 1. The molecule has 0 radical (unpaired) electrons. The summed E-state index contributed by atoms with van der Waals surface area (Å²) in [6.07, 6.45) is 8.19. The van der Waals surface area contributed by atoms with E-state index in [0.717, 1.165) is 12.8 Å². The maximum Gasteiger partial charge on any atom is 0.335 e. The van der Waals surface area contributed by atoms with Crippen LogP contribution in [0, 0.1) is 0 Å². The molecule has 12 heavy (non-hydrogen) atoms. The van der Waals surface area contributed by atoms with Crippen LogP contribution in [0.1, 0.15) is 19.8 Å². The zero-order valence-corrected chi connectivity index (χ0v) is 7.29. The minimum Gasteiger partial charge on any atom is -0.478 e. The molecule has 1 N–H and O–H groups in total. The highest BCUT2D eigenvalue weighted by atomic mass is 16.4. The summed E-state index contributed by atoms with van der Waals surface area (Å²) in [7, 11) is 0. The van der Waals surface area contributed by atoms with E-state index in [0.29, 0.717) is 5.57 Å². The quantitative estimate of drug-likeness (QED) is 0.503. The first kappa shape index (κ1) is 10.7. The van der Waals surface area contributed by atoms with E-state index in [-0.39, 0.29) is 0 Å². The Labute approximate surface area is 72.9 Å². The van der Waals surface area contributed by atoms with Crippen molar-refractivity contribution in [2.45, 2.75) is 19.8 Å². The highest BCUT2D eigenvalue weighted by Crippen LogP contribution is 2.01. The Hall–Kier alpha value is -1.31. The number of rotatable bonds is 5. The van der Waals surface area contributed by atoms with E-state index >= 15 is 0 Å². The van der Waals surface area contributed by atoms with Gasteiger partial charge < -0.3 is 5.11 Å². The lowest BCUT2D eigenvalue weighted by Crippen LogP contribution is -1.97. The maximum atomic E-state index is 10.6. The van der Waals surface area contributed by atoms with Crippen molar-refractivity contribution in [2.24, 2.45) is 0 Å². The molecular weight excluding hydrogens is 152 g/mol. The van der Waals surface area contributed by atoms with E-state index in [9.17, 15) is 4.79 Å². The summed E-state index contributed by atoms with van der Waals surface area (Å²) in [6, 6.07) is 0. The highest BCUT2D eigenvalue weighted by Gasteiger charge is 2.00. The smallest absolute Gasteiger partial charge is 0.335 e. The van der Waals surface area contributed by atoms with Crippen molar-refractivity contribution in [2.75, 3.05) is 0 Å². The lowest BCUT2D eigenvalue weighted by Gasteiger charge is -1.92. The van der Waals surface area contributed by atoms with Gasteiger partial charge in [0.1, 0.15) is 0 Å². The Kier molecular flexibility index (Phi) is 5.70. The molecule has 0 fully saturated rings.